The molecule has 0 aromatic heterocycles. The summed E-state index contributed by atoms with van der Waals surface area (Å²) in [5, 5.41) is 11.9. The van der Waals surface area contributed by atoms with E-state index in [2.05, 4.69) is 17.2 Å². The zero-order chi connectivity index (χ0) is 15.9. The number of aliphatic carboxylic acids is 1. The van der Waals surface area contributed by atoms with Crippen LogP contribution in [0.5, 0.6) is 0 Å². The standard InChI is InChI=1S/C17H19NO4/c1-22-10-2-3-12-4-6-13(7-5-12)16(19)18-15-9-8-14(11-15)17(20)21/h4-7,14-15H,8-11H2,1H3,(H,18,19)(H,20,21)/t14-,15-/m0/s1. The second-order valence-electron chi connectivity index (χ2n) is 5.33. The van der Waals surface area contributed by atoms with E-state index in [1.807, 2.05) is 0 Å². The Kier molecular flexibility index (Phi) is 5.56. The van der Waals surface area contributed by atoms with Crippen molar-refractivity contribution in [3.05, 3.63) is 35.4 Å². The summed E-state index contributed by atoms with van der Waals surface area (Å²) < 4.78 is 4.85. The Bertz CT molecular complexity index is 597. The van der Waals surface area contributed by atoms with Gasteiger partial charge in [0.1, 0.15) is 6.61 Å². The largest absolute Gasteiger partial charge is 0.481 e. The molecule has 1 saturated carbocycles. The zero-order valence-electron chi connectivity index (χ0n) is 12.5. The smallest absolute Gasteiger partial charge is 0.306 e. The number of amides is 1. The summed E-state index contributed by atoms with van der Waals surface area (Å²) >= 11 is 0. The molecular weight excluding hydrogens is 282 g/mol. The lowest BCUT2D eigenvalue weighted by atomic mass is 10.1. The molecule has 0 aliphatic heterocycles. The van der Waals surface area contributed by atoms with E-state index in [0.29, 0.717) is 31.4 Å². The molecule has 1 aliphatic carbocycles. The van der Waals surface area contributed by atoms with Gasteiger partial charge < -0.3 is 15.2 Å². The average Bonchev–Trinajstić information content (AvgIpc) is 2.97. The molecule has 22 heavy (non-hydrogen) atoms. The van der Waals surface area contributed by atoms with Gasteiger partial charge in [0.2, 0.25) is 0 Å². The topological polar surface area (TPSA) is 75.6 Å². The maximum Gasteiger partial charge on any atom is 0.306 e. The molecule has 1 aliphatic rings. The van der Waals surface area contributed by atoms with Crippen molar-refractivity contribution in [1.82, 2.24) is 5.32 Å². The van der Waals surface area contributed by atoms with Gasteiger partial charge in [-0.3, -0.25) is 9.59 Å². The number of carbonyl (C=O) groups excluding carboxylic acids is 1. The number of carboxylic acid groups (broad SMARTS) is 1. The number of ether oxygens (including phenoxy) is 1. The molecule has 1 fully saturated rings. The minimum atomic E-state index is -0.782. The van der Waals surface area contributed by atoms with Crippen molar-refractivity contribution >= 4 is 11.9 Å². The molecule has 1 aromatic carbocycles. The zero-order valence-corrected chi connectivity index (χ0v) is 12.5. The first-order chi connectivity index (χ1) is 10.6. The van der Waals surface area contributed by atoms with Crippen molar-refractivity contribution in [2.24, 2.45) is 5.92 Å². The average molecular weight is 301 g/mol. The van der Waals surface area contributed by atoms with Crippen LogP contribution >= 0.6 is 0 Å². The fourth-order valence-corrected chi connectivity index (χ4v) is 2.52. The highest BCUT2D eigenvalue weighted by atomic mass is 16.5. The molecule has 0 spiro atoms. The molecule has 0 heterocycles. The van der Waals surface area contributed by atoms with E-state index in [1.54, 1.807) is 31.4 Å². The Hall–Kier alpha value is -2.32. The number of hydrogen-bond acceptors (Lipinski definition) is 3. The van der Waals surface area contributed by atoms with Crippen LogP contribution in [-0.2, 0) is 9.53 Å². The SMILES string of the molecule is COCC#Cc1ccc(C(=O)N[C@H]2CC[C@H](C(=O)O)C2)cc1. The Morgan fingerprint density at radius 1 is 1.32 bits per heavy atom. The molecule has 2 N–H and O–H groups in total. The van der Waals surface area contributed by atoms with Crippen molar-refractivity contribution in [2.75, 3.05) is 13.7 Å². The molecule has 1 amide bonds. The van der Waals surface area contributed by atoms with Crippen molar-refractivity contribution in [3.8, 4) is 11.8 Å². The van der Waals surface area contributed by atoms with Gasteiger partial charge in [0, 0.05) is 24.3 Å². The van der Waals surface area contributed by atoms with Crippen molar-refractivity contribution in [1.29, 1.82) is 0 Å². The number of methoxy groups -OCH3 is 1. The monoisotopic (exact) mass is 301 g/mol. The second kappa shape index (κ2) is 7.62. The van der Waals surface area contributed by atoms with Crippen LogP contribution in [0.25, 0.3) is 0 Å². The Morgan fingerprint density at radius 3 is 2.64 bits per heavy atom. The normalized spacial score (nSPS) is 20.0. The van der Waals surface area contributed by atoms with Crippen LogP contribution < -0.4 is 5.32 Å². The predicted octanol–water partition coefficient (Wildman–Crippen LogP) is 1.67. The van der Waals surface area contributed by atoms with Crippen molar-refractivity contribution in [3.63, 3.8) is 0 Å². The lowest BCUT2D eigenvalue weighted by Crippen LogP contribution is -2.33. The van der Waals surface area contributed by atoms with E-state index in [-0.39, 0.29) is 17.9 Å². The number of carbonyl (C=O) groups is 2. The van der Waals surface area contributed by atoms with Gasteiger partial charge in [-0.25, -0.2) is 0 Å². The van der Waals surface area contributed by atoms with Crippen LogP contribution in [0.4, 0.5) is 0 Å². The van der Waals surface area contributed by atoms with Crippen molar-refractivity contribution in [2.45, 2.75) is 25.3 Å². The molecular formula is C17H19NO4. The van der Waals surface area contributed by atoms with Crippen molar-refractivity contribution < 1.29 is 19.4 Å². The van der Waals surface area contributed by atoms with Gasteiger partial charge >= 0.3 is 5.97 Å². The maximum atomic E-state index is 12.1. The van der Waals surface area contributed by atoms with Crippen LogP contribution in [0.3, 0.4) is 0 Å². The van der Waals surface area contributed by atoms with E-state index < -0.39 is 5.97 Å². The molecule has 2 atom stereocenters. The van der Waals surface area contributed by atoms with Crippen LogP contribution in [0.1, 0.15) is 35.2 Å². The van der Waals surface area contributed by atoms with Gasteiger partial charge in [0.05, 0.1) is 5.92 Å². The number of rotatable bonds is 4. The Morgan fingerprint density at radius 2 is 2.05 bits per heavy atom. The first-order valence-electron chi connectivity index (χ1n) is 7.21. The number of hydrogen-bond donors (Lipinski definition) is 2. The molecule has 5 nitrogen and oxygen atoms in total. The fourth-order valence-electron chi connectivity index (χ4n) is 2.52. The first kappa shape index (κ1) is 16.1. The summed E-state index contributed by atoms with van der Waals surface area (Å²) in [5.74, 6) is 4.48. The minimum absolute atomic E-state index is 0.0604. The van der Waals surface area contributed by atoms with Gasteiger partial charge in [-0.05, 0) is 43.5 Å². The van der Waals surface area contributed by atoms with E-state index in [0.717, 1.165) is 5.56 Å². The first-order valence-corrected chi connectivity index (χ1v) is 7.21. The van der Waals surface area contributed by atoms with Gasteiger partial charge in [-0.15, -0.1) is 0 Å². The third kappa shape index (κ3) is 4.34. The molecule has 0 unspecified atom stereocenters. The van der Waals surface area contributed by atoms with Crippen LogP contribution in [-0.4, -0.2) is 36.7 Å². The van der Waals surface area contributed by atoms with Crippen LogP contribution in [0.2, 0.25) is 0 Å². The molecule has 5 heteroatoms. The van der Waals surface area contributed by atoms with Gasteiger partial charge in [0.25, 0.3) is 5.91 Å². The summed E-state index contributed by atoms with van der Waals surface area (Å²) in [5.41, 5.74) is 1.37. The quantitative estimate of drug-likeness (QED) is 0.830. The van der Waals surface area contributed by atoms with E-state index in [1.165, 1.54) is 0 Å². The van der Waals surface area contributed by atoms with Crippen LogP contribution in [0, 0.1) is 17.8 Å². The van der Waals surface area contributed by atoms with Gasteiger partial charge in [0.15, 0.2) is 0 Å². The van der Waals surface area contributed by atoms with Gasteiger partial charge in [-0.1, -0.05) is 11.8 Å². The van der Waals surface area contributed by atoms with E-state index in [4.69, 9.17) is 9.84 Å². The Labute approximate surface area is 129 Å². The summed E-state index contributed by atoms with van der Waals surface area (Å²) in [6.45, 7) is 0.370. The lowest BCUT2D eigenvalue weighted by molar-refractivity contribution is -0.141. The molecule has 0 bridgehead atoms. The molecule has 0 radical (unpaired) electrons. The number of benzene rings is 1. The van der Waals surface area contributed by atoms with E-state index >= 15 is 0 Å². The molecule has 2 rings (SSSR count). The summed E-state index contributed by atoms with van der Waals surface area (Å²) in [6, 6.07) is 6.94. The highest BCUT2D eigenvalue weighted by Crippen LogP contribution is 2.25. The predicted molar refractivity (Wildman–Crippen MR) is 81.4 cm³/mol. The molecule has 1 aromatic rings. The summed E-state index contributed by atoms with van der Waals surface area (Å²) in [6.07, 6.45) is 1.83. The fraction of sp³-hybridized carbons (Fsp3) is 0.412. The number of carboxylic acids is 1. The van der Waals surface area contributed by atoms with E-state index in [9.17, 15) is 9.59 Å². The molecule has 116 valence electrons. The highest BCUT2D eigenvalue weighted by Gasteiger charge is 2.30. The second-order valence-corrected chi connectivity index (χ2v) is 5.33. The highest BCUT2D eigenvalue weighted by molar-refractivity contribution is 5.94. The van der Waals surface area contributed by atoms with Crippen LogP contribution in [0.15, 0.2) is 24.3 Å². The third-order valence-electron chi connectivity index (χ3n) is 3.71. The summed E-state index contributed by atoms with van der Waals surface area (Å²) in [7, 11) is 1.58. The minimum Gasteiger partial charge on any atom is -0.481 e. The van der Waals surface area contributed by atoms with Gasteiger partial charge in [-0.2, -0.15) is 0 Å². The summed E-state index contributed by atoms with van der Waals surface area (Å²) in [4.78, 5) is 23.0. The third-order valence-corrected chi connectivity index (χ3v) is 3.71. The molecule has 0 saturated heterocycles. The Balaban J connectivity index is 1.91. The number of nitrogens with one attached hydrogen (secondary N) is 1. The lowest BCUT2D eigenvalue weighted by Gasteiger charge is -2.12. The maximum absolute atomic E-state index is 12.1.